The van der Waals surface area contributed by atoms with Gasteiger partial charge in [-0.3, -0.25) is 9.59 Å². The lowest BCUT2D eigenvalue weighted by atomic mass is 9.99. The quantitative estimate of drug-likeness (QED) is 0.346. The Hall–Kier alpha value is -4.32. The highest BCUT2D eigenvalue weighted by Gasteiger charge is 2.26. The summed E-state index contributed by atoms with van der Waals surface area (Å²) in [4.78, 5) is 26.4. The second-order valence-electron chi connectivity index (χ2n) is 7.97. The molecule has 0 fully saturated rings. The zero-order valence-electron chi connectivity index (χ0n) is 18.0. The Bertz CT molecular complexity index is 1530. The van der Waals surface area contributed by atoms with Crippen LogP contribution in [0, 0.1) is 0 Å². The number of Topliss-reactive ketones (excluding diaryl/α,β-unsaturated/α-hetero) is 1. The Kier molecular flexibility index (Phi) is 5.18. The molecular formula is C27H22N2O4. The van der Waals surface area contributed by atoms with Gasteiger partial charge in [0.25, 0.3) is 5.56 Å². The molecule has 0 aliphatic heterocycles. The minimum absolute atomic E-state index is 0.0716. The number of carbonyl (C=O) groups is 1. The second-order valence-corrected chi connectivity index (χ2v) is 7.97. The van der Waals surface area contributed by atoms with Crippen molar-refractivity contribution in [1.29, 1.82) is 0 Å². The van der Waals surface area contributed by atoms with E-state index in [2.05, 4.69) is 5.32 Å². The van der Waals surface area contributed by atoms with Gasteiger partial charge in [0.15, 0.2) is 5.78 Å². The molecule has 0 saturated carbocycles. The molecule has 5 aromatic rings. The number of pyridine rings is 1. The van der Waals surface area contributed by atoms with Crippen LogP contribution in [0.5, 0.6) is 5.75 Å². The highest BCUT2D eigenvalue weighted by molar-refractivity contribution is 6.04. The first-order chi connectivity index (χ1) is 16.0. The molecule has 5 rings (SSSR count). The standard InChI is InChI=1S/C27H22N2O4/c1-29-22-13-5-4-11-19(22)26(31)25(27(29)32)23(30)16-21(24-14-7-15-33-24)28-20-12-6-9-17-8-2-3-10-18(17)20/h2-15,21,28,31H,16H2,1H3/t21-/m0/s1. The molecule has 2 N–H and O–H groups in total. The van der Waals surface area contributed by atoms with Crippen LogP contribution in [0.1, 0.15) is 28.6 Å². The van der Waals surface area contributed by atoms with Gasteiger partial charge in [-0.2, -0.15) is 0 Å². The number of aryl methyl sites for hydroxylation is 1. The predicted octanol–water partition coefficient (Wildman–Crippen LogP) is 5.42. The lowest BCUT2D eigenvalue weighted by Crippen LogP contribution is -2.26. The van der Waals surface area contributed by atoms with E-state index in [9.17, 15) is 14.7 Å². The average Bonchev–Trinajstić information content (AvgIpc) is 3.38. The number of hydrogen-bond acceptors (Lipinski definition) is 5. The van der Waals surface area contributed by atoms with Gasteiger partial charge in [0.2, 0.25) is 0 Å². The lowest BCUT2D eigenvalue weighted by Gasteiger charge is -2.19. The van der Waals surface area contributed by atoms with Crippen molar-refractivity contribution >= 4 is 33.1 Å². The third kappa shape index (κ3) is 3.65. The van der Waals surface area contributed by atoms with Gasteiger partial charge in [-0.05, 0) is 35.7 Å². The van der Waals surface area contributed by atoms with Crippen LogP contribution in [0.3, 0.4) is 0 Å². The van der Waals surface area contributed by atoms with Gasteiger partial charge in [-0.25, -0.2) is 0 Å². The van der Waals surface area contributed by atoms with E-state index in [0.29, 0.717) is 16.7 Å². The third-order valence-corrected chi connectivity index (χ3v) is 5.95. The molecule has 0 aliphatic carbocycles. The third-order valence-electron chi connectivity index (χ3n) is 5.95. The van der Waals surface area contributed by atoms with Crippen LogP contribution in [0.4, 0.5) is 5.69 Å². The summed E-state index contributed by atoms with van der Waals surface area (Å²) in [6.45, 7) is 0. The van der Waals surface area contributed by atoms with E-state index in [4.69, 9.17) is 4.42 Å². The topological polar surface area (TPSA) is 84.5 Å². The first-order valence-corrected chi connectivity index (χ1v) is 10.7. The minimum atomic E-state index is -0.533. The molecule has 164 valence electrons. The van der Waals surface area contributed by atoms with Crippen molar-refractivity contribution in [2.75, 3.05) is 5.32 Å². The Labute approximate surface area is 189 Å². The number of hydrogen-bond donors (Lipinski definition) is 2. The van der Waals surface area contributed by atoms with Gasteiger partial charge >= 0.3 is 0 Å². The van der Waals surface area contributed by atoms with E-state index in [1.807, 2.05) is 42.5 Å². The summed E-state index contributed by atoms with van der Waals surface area (Å²) in [5.74, 6) is -0.191. The molecular weight excluding hydrogens is 416 g/mol. The normalized spacial score (nSPS) is 12.2. The molecule has 6 heteroatoms. The highest BCUT2D eigenvalue weighted by atomic mass is 16.3. The molecule has 3 aromatic carbocycles. The molecule has 0 radical (unpaired) electrons. The number of rotatable bonds is 6. The van der Waals surface area contributed by atoms with E-state index in [1.54, 1.807) is 49.7 Å². The monoisotopic (exact) mass is 438 g/mol. The fourth-order valence-corrected chi connectivity index (χ4v) is 4.27. The number of ketones is 1. The largest absolute Gasteiger partial charge is 0.506 e. The van der Waals surface area contributed by atoms with Crippen LogP contribution in [0.15, 0.2) is 94.3 Å². The predicted molar refractivity (Wildman–Crippen MR) is 129 cm³/mol. The van der Waals surface area contributed by atoms with Crippen molar-refractivity contribution in [1.82, 2.24) is 4.57 Å². The van der Waals surface area contributed by atoms with Gasteiger partial charge in [-0.15, -0.1) is 0 Å². The van der Waals surface area contributed by atoms with Crippen LogP contribution in [0.2, 0.25) is 0 Å². The molecule has 0 aliphatic rings. The molecule has 0 spiro atoms. The number of para-hydroxylation sites is 1. The molecule has 33 heavy (non-hydrogen) atoms. The fourth-order valence-electron chi connectivity index (χ4n) is 4.27. The molecule has 0 bridgehead atoms. The first kappa shape index (κ1) is 20.6. The summed E-state index contributed by atoms with van der Waals surface area (Å²) < 4.78 is 7.00. The molecule has 0 amide bonds. The van der Waals surface area contributed by atoms with Gasteiger partial charge in [0.1, 0.15) is 17.1 Å². The zero-order chi connectivity index (χ0) is 22.9. The van der Waals surface area contributed by atoms with E-state index in [1.165, 1.54) is 4.57 Å². The van der Waals surface area contributed by atoms with E-state index in [-0.39, 0.29) is 17.7 Å². The van der Waals surface area contributed by atoms with Crippen molar-refractivity contribution in [2.24, 2.45) is 7.05 Å². The Morgan fingerprint density at radius 1 is 0.970 bits per heavy atom. The number of anilines is 1. The maximum atomic E-state index is 13.4. The van der Waals surface area contributed by atoms with Gasteiger partial charge in [0, 0.05) is 29.9 Å². The number of fused-ring (bicyclic) bond motifs is 2. The van der Waals surface area contributed by atoms with Crippen LogP contribution in [-0.4, -0.2) is 15.5 Å². The summed E-state index contributed by atoms with van der Waals surface area (Å²) in [7, 11) is 1.60. The summed E-state index contributed by atoms with van der Waals surface area (Å²) >= 11 is 0. The van der Waals surface area contributed by atoms with E-state index < -0.39 is 17.4 Å². The van der Waals surface area contributed by atoms with Crippen molar-refractivity contribution in [2.45, 2.75) is 12.5 Å². The summed E-state index contributed by atoms with van der Waals surface area (Å²) in [5.41, 5.74) is 0.665. The number of aromatic nitrogens is 1. The Balaban J connectivity index is 1.55. The summed E-state index contributed by atoms with van der Waals surface area (Å²) in [5, 5.41) is 16.8. The Morgan fingerprint density at radius 2 is 1.70 bits per heavy atom. The molecule has 2 heterocycles. The lowest BCUT2D eigenvalue weighted by molar-refractivity contribution is 0.0969. The fraction of sp³-hybridized carbons (Fsp3) is 0.111. The molecule has 6 nitrogen and oxygen atoms in total. The summed E-state index contributed by atoms with van der Waals surface area (Å²) in [6.07, 6.45) is 1.47. The zero-order valence-corrected chi connectivity index (χ0v) is 18.0. The molecule has 0 saturated heterocycles. The number of carbonyl (C=O) groups excluding carboxylic acids is 1. The number of furan rings is 1. The maximum absolute atomic E-state index is 13.4. The second kappa shape index (κ2) is 8.31. The SMILES string of the molecule is Cn1c(=O)c(C(=O)C[C@H](Nc2cccc3ccccc23)c2ccco2)c(O)c2ccccc21. The van der Waals surface area contributed by atoms with Crippen LogP contribution in [0.25, 0.3) is 21.7 Å². The minimum Gasteiger partial charge on any atom is -0.506 e. The van der Waals surface area contributed by atoms with Crippen LogP contribution >= 0.6 is 0 Å². The van der Waals surface area contributed by atoms with Gasteiger partial charge in [0.05, 0.1) is 17.8 Å². The maximum Gasteiger partial charge on any atom is 0.265 e. The molecule has 1 atom stereocenters. The number of nitrogens with one attached hydrogen (secondary N) is 1. The van der Waals surface area contributed by atoms with Crippen molar-refractivity contribution in [3.8, 4) is 5.75 Å². The van der Waals surface area contributed by atoms with Crippen molar-refractivity contribution in [3.63, 3.8) is 0 Å². The summed E-state index contributed by atoms with van der Waals surface area (Å²) in [6, 6.07) is 23.8. The van der Waals surface area contributed by atoms with E-state index in [0.717, 1.165) is 16.5 Å². The highest BCUT2D eigenvalue weighted by Crippen LogP contribution is 2.32. The van der Waals surface area contributed by atoms with Crippen molar-refractivity contribution in [3.05, 3.63) is 107 Å². The molecule has 2 aromatic heterocycles. The van der Waals surface area contributed by atoms with E-state index >= 15 is 0 Å². The molecule has 0 unspecified atom stereocenters. The number of benzene rings is 3. The number of nitrogens with zero attached hydrogens (tertiary/aromatic N) is 1. The smallest absolute Gasteiger partial charge is 0.265 e. The van der Waals surface area contributed by atoms with Gasteiger partial charge in [-0.1, -0.05) is 48.5 Å². The average molecular weight is 438 g/mol. The van der Waals surface area contributed by atoms with Crippen molar-refractivity contribution < 1.29 is 14.3 Å². The Morgan fingerprint density at radius 3 is 2.48 bits per heavy atom. The number of aromatic hydroxyl groups is 1. The first-order valence-electron chi connectivity index (χ1n) is 10.7. The van der Waals surface area contributed by atoms with Gasteiger partial charge < -0.3 is 19.4 Å². The van der Waals surface area contributed by atoms with Crippen LogP contribution < -0.4 is 10.9 Å². The van der Waals surface area contributed by atoms with Crippen LogP contribution in [-0.2, 0) is 7.05 Å².